The zero-order valence-electron chi connectivity index (χ0n) is 19.3. The van der Waals surface area contributed by atoms with Crippen LogP contribution in [0.25, 0.3) is 11.0 Å². The summed E-state index contributed by atoms with van der Waals surface area (Å²) in [5, 5.41) is 19.0. The molecule has 1 aromatic carbocycles. The highest BCUT2D eigenvalue weighted by molar-refractivity contribution is 7.70. The van der Waals surface area contributed by atoms with Crippen LogP contribution >= 0.6 is 26.8 Å². The van der Waals surface area contributed by atoms with Crippen LogP contribution in [0.4, 0.5) is 10.1 Å². The van der Waals surface area contributed by atoms with E-state index in [0.29, 0.717) is 23.1 Å². The summed E-state index contributed by atoms with van der Waals surface area (Å²) in [5.74, 6) is -2.14. The van der Waals surface area contributed by atoms with Crippen molar-refractivity contribution in [2.75, 3.05) is 17.8 Å². The van der Waals surface area contributed by atoms with Crippen LogP contribution in [-0.4, -0.2) is 58.8 Å². The fourth-order valence-corrected chi connectivity index (χ4v) is 7.50. The molecular weight excluding hydrogens is 553 g/mol. The number of nitrogens with one attached hydrogen (secondary N) is 1. The first kappa shape index (κ1) is 26.7. The molecule has 6 atom stereocenters. The number of ether oxygens (including phenoxy) is 1. The highest BCUT2D eigenvalue weighted by Crippen LogP contribution is 2.62. The molecule has 3 heterocycles. The Hall–Kier alpha value is -1.92. The number of hydrogen-bond donors (Lipinski definition) is 5. The highest BCUT2D eigenvalue weighted by atomic mass is 35.5. The van der Waals surface area contributed by atoms with Gasteiger partial charge in [0.05, 0.1) is 29.9 Å². The molecule has 5 rings (SSSR count). The molecule has 1 aliphatic heterocycles. The number of aliphatic hydroxyl groups is 1. The maximum absolute atomic E-state index is 14.3. The number of nitrogens with zero attached hydrogens (tertiary/aromatic N) is 3. The normalized spacial score (nSPS) is 27.6. The van der Waals surface area contributed by atoms with Crippen molar-refractivity contribution in [1.82, 2.24) is 14.8 Å². The smallest absolute Gasteiger partial charge is 0.340 e. The summed E-state index contributed by atoms with van der Waals surface area (Å²) in [6.07, 6.45) is -0.273. The van der Waals surface area contributed by atoms with E-state index < -0.39 is 57.6 Å². The van der Waals surface area contributed by atoms with Crippen LogP contribution in [-0.2, 0) is 18.4 Å². The summed E-state index contributed by atoms with van der Waals surface area (Å²) < 4.78 is 49.7. The Labute approximate surface area is 215 Å². The number of hydrogen-bond acceptors (Lipinski definition) is 8. The minimum atomic E-state index is -4.78. The zero-order chi connectivity index (χ0) is 26.8. The van der Waals surface area contributed by atoms with E-state index in [4.69, 9.17) is 30.6 Å². The van der Waals surface area contributed by atoms with Gasteiger partial charge < -0.3 is 34.4 Å². The first-order valence-electron chi connectivity index (χ1n) is 11.2. The number of aliphatic hydroxyl groups excluding tert-OH is 1. The summed E-state index contributed by atoms with van der Waals surface area (Å²) >= 11 is 6.26. The Kier molecular flexibility index (Phi) is 6.76. The number of pyridine rings is 1. The number of rotatable bonds is 9. The molecule has 1 saturated heterocycles. The van der Waals surface area contributed by atoms with Crippen LogP contribution in [0, 0.1) is 11.7 Å². The van der Waals surface area contributed by atoms with Gasteiger partial charge in [0.1, 0.15) is 22.7 Å². The maximum atomic E-state index is 14.3. The minimum Gasteiger partial charge on any atom is -0.388 e. The Balaban J connectivity index is 1.37. The van der Waals surface area contributed by atoms with Gasteiger partial charge in [-0.05, 0) is 25.5 Å². The summed E-state index contributed by atoms with van der Waals surface area (Å²) in [6.45, 7) is 1.34. The Morgan fingerprint density at radius 1 is 1.35 bits per heavy atom. The molecule has 16 heteroatoms. The number of anilines is 1. The lowest BCUT2D eigenvalue weighted by Gasteiger charge is -2.22. The van der Waals surface area contributed by atoms with E-state index in [-0.39, 0.29) is 16.6 Å². The van der Waals surface area contributed by atoms with E-state index in [0.717, 1.165) is 0 Å². The molecule has 0 bridgehead atoms. The first-order chi connectivity index (χ1) is 17.3. The van der Waals surface area contributed by atoms with E-state index in [2.05, 4.69) is 15.4 Å². The van der Waals surface area contributed by atoms with E-state index in [1.54, 1.807) is 31.2 Å². The Morgan fingerprint density at radius 2 is 2.08 bits per heavy atom. The average Bonchev–Trinajstić information content (AvgIpc) is 3.23. The van der Waals surface area contributed by atoms with Gasteiger partial charge in [-0.15, -0.1) is 0 Å². The summed E-state index contributed by atoms with van der Waals surface area (Å²) in [7, 11) is -9.37. The second-order valence-electron chi connectivity index (χ2n) is 9.30. The predicted molar refractivity (Wildman–Crippen MR) is 131 cm³/mol. The highest BCUT2D eigenvalue weighted by Gasteiger charge is 2.68. The monoisotopic (exact) mass is 576 g/mol. The number of halogens is 2. The molecule has 0 spiro atoms. The lowest BCUT2D eigenvalue weighted by atomic mass is 10.1. The van der Waals surface area contributed by atoms with E-state index in [1.807, 2.05) is 0 Å². The SMILES string of the molecule is C[C@H](Nc1cc(Cl)nc2c1cnn2[C@@H]1OC2(COP(=O)(O)CP(=O)(O)O)CC2[C@H]1O)c1ccccc1F. The molecular formula is C21H24ClFN4O8P2. The largest absolute Gasteiger partial charge is 0.388 e. The Morgan fingerprint density at radius 3 is 2.78 bits per heavy atom. The van der Waals surface area contributed by atoms with E-state index in [9.17, 15) is 23.5 Å². The quantitative estimate of drug-likeness (QED) is 0.186. The van der Waals surface area contributed by atoms with Crippen molar-refractivity contribution >= 4 is 43.5 Å². The van der Waals surface area contributed by atoms with Crippen molar-refractivity contribution < 1.29 is 42.6 Å². The molecule has 2 aliphatic rings. The number of benzene rings is 1. The van der Waals surface area contributed by atoms with Gasteiger partial charge in [-0.1, -0.05) is 29.8 Å². The van der Waals surface area contributed by atoms with Crippen LogP contribution in [0.3, 0.4) is 0 Å². The molecule has 0 amide bonds. The lowest BCUT2D eigenvalue weighted by Crippen LogP contribution is -2.26. The van der Waals surface area contributed by atoms with Crippen molar-refractivity contribution in [3.05, 3.63) is 53.1 Å². The Bertz CT molecular complexity index is 1450. The molecule has 1 aliphatic carbocycles. The average molecular weight is 577 g/mol. The van der Waals surface area contributed by atoms with Crippen molar-refractivity contribution in [3.8, 4) is 0 Å². The molecule has 5 N–H and O–H groups in total. The van der Waals surface area contributed by atoms with Crippen molar-refractivity contribution in [1.29, 1.82) is 0 Å². The second kappa shape index (κ2) is 9.37. The van der Waals surface area contributed by atoms with Crippen molar-refractivity contribution in [3.63, 3.8) is 0 Å². The van der Waals surface area contributed by atoms with Gasteiger partial charge in [0, 0.05) is 11.5 Å². The molecule has 2 aromatic heterocycles. The van der Waals surface area contributed by atoms with Crippen LogP contribution < -0.4 is 5.32 Å². The van der Waals surface area contributed by atoms with Crippen LogP contribution in [0.1, 0.15) is 31.2 Å². The van der Waals surface area contributed by atoms with Gasteiger partial charge in [0.25, 0.3) is 0 Å². The second-order valence-corrected chi connectivity index (χ2v) is 13.7. The summed E-state index contributed by atoms with van der Waals surface area (Å²) in [4.78, 5) is 32.1. The van der Waals surface area contributed by atoms with Gasteiger partial charge in [0.15, 0.2) is 17.8 Å². The number of fused-ring (bicyclic) bond motifs is 2. The molecule has 37 heavy (non-hydrogen) atoms. The third kappa shape index (κ3) is 5.34. The van der Waals surface area contributed by atoms with Gasteiger partial charge in [0.2, 0.25) is 0 Å². The number of aromatic nitrogens is 3. The molecule has 1 saturated carbocycles. The molecule has 0 radical (unpaired) electrons. The predicted octanol–water partition coefficient (Wildman–Crippen LogP) is 3.38. The third-order valence-electron chi connectivity index (χ3n) is 6.53. The van der Waals surface area contributed by atoms with E-state index in [1.165, 1.54) is 16.9 Å². The van der Waals surface area contributed by atoms with Gasteiger partial charge in [-0.2, -0.15) is 5.10 Å². The topological polar surface area (TPSA) is 176 Å². The van der Waals surface area contributed by atoms with Crippen LogP contribution in [0.15, 0.2) is 36.5 Å². The molecule has 12 nitrogen and oxygen atoms in total. The van der Waals surface area contributed by atoms with Crippen molar-refractivity contribution in [2.24, 2.45) is 5.92 Å². The van der Waals surface area contributed by atoms with E-state index >= 15 is 0 Å². The van der Waals surface area contributed by atoms with Gasteiger partial charge in [-0.25, -0.2) is 14.1 Å². The fourth-order valence-electron chi connectivity index (χ4n) is 4.70. The summed E-state index contributed by atoms with van der Waals surface area (Å²) in [6, 6.07) is 7.52. The van der Waals surface area contributed by atoms with Crippen LogP contribution in [0.5, 0.6) is 0 Å². The molecule has 3 aromatic rings. The molecule has 2 fully saturated rings. The van der Waals surface area contributed by atoms with Gasteiger partial charge in [-0.3, -0.25) is 9.13 Å². The van der Waals surface area contributed by atoms with Crippen molar-refractivity contribution in [2.45, 2.75) is 37.3 Å². The lowest BCUT2D eigenvalue weighted by molar-refractivity contribution is -0.0920. The maximum Gasteiger partial charge on any atom is 0.340 e. The van der Waals surface area contributed by atoms with Crippen LogP contribution in [0.2, 0.25) is 5.15 Å². The zero-order valence-corrected chi connectivity index (χ0v) is 21.9. The minimum absolute atomic E-state index is 0.117. The standard InChI is InChI=1S/C21H24ClFN4O8P2/c1-11(12-4-2-3-5-15(12)23)25-16-6-17(22)26-19-13(16)8-24-27(19)20-18(28)14-7-21(14,35-20)9-34-37(32,33)10-36(29,30)31/h2-6,8,11,14,18,20,28H,7,9-10H2,1H3,(H,25,26)(H,32,33)(H2,29,30,31)/t11-,14?,18+,20+,21?/m0/s1. The fraction of sp³-hybridized carbons (Fsp3) is 0.429. The third-order valence-corrected chi connectivity index (χ3v) is 10.2. The van der Waals surface area contributed by atoms with Gasteiger partial charge >= 0.3 is 15.2 Å². The molecule has 3 unspecified atom stereocenters. The first-order valence-corrected chi connectivity index (χ1v) is 15.1. The summed E-state index contributed by atoms with van der Waals surface area (Å²) in [5.41, 5.74) is 0.152. The molecule has 200 valence electrons.